The number of urea groups is 1. The summed E-state index contributed by atoms with van der Waals surface area (Å²) in [6.45, 7) is 3.08. The molecule has 0 aromatic rings. The molecule has 2 rings (SSSR count). The molecule has 7 heteroatoms. The highest BCUT2D eigenvalue weighted by molar-refractivity contribution is 5.77. The first kappa shape index (κ1) is 13.1. The Labute approximate surface area is 105 Å². The van der Waals surface area contributed by atoms with Gasteiger partial charge < -0.3 is 20.4 Å². The number of nitrogens with one attached hydrogen (secondary N) is 1. The molecule has 0 saturated carbocycles. The highest BCUT2D eigenvalue weighted by Crippen LogP contribution is 2.21. The van der Waals surface area contributed by atoms with Crippen molar-refractivity contribution in [2.24, 2.45) is 0 Å². The Kier molecular flexibility index (Phi) is 4.03. The molecule has 1 unspecified atom stereocenters. The lowest BCUT2D eigenvalue weighted by atomic mass is 10.1. The van der Waals surface area contributed by atoms with Crippen molar-refractivity contribution in [3.8, 4) is 0 Å². The van der Waals surface area contributed by atoms with Crippen LogP contribution in [0.1, 0.15) is 12.8 Å². The molecule has 0 aromatic carbocycles. The Hall–Kier alpha value is -1.34. The first-order valence-electron chi connectivity index (χ1n) is 6.25. The number of hydrogen-bond donors (Lipinski definition) is 3. The van der Waals surface area contributed by atoms with Gasteiger partial charge in [0.15, 0.2) is 6.10 Å². The SMILES string of the molecule is O=C(O)[C@@H](O)CNC(=O)N1CCN2CCCC2C1. The summed E-state index contributed by atoms with van der Waals surface area (Å²) in [5.41, 5.74) is 0. The van der Waals surface area contributed by atoms with Gasteiger partial charge in [-0.25, -0.2) is 9.59 Å². The lowest BCUT2D eigenvalue weighted by Gasteiger charge is -2.37. The minimum atomic E-state index is -1.54. The molecular formula is C11H19N3O4. The second kappa shape index (κ2) is 5.53. The minimum absolute atomic E-state index is 0.251. The first-order valence-corrected chi connectivity index (χ1v) is 6.25. The third-order valence-electron chi connectivity index (χ3n) is 3.61. The Morgan fingerprint density at radius 2 is 2.11 bits per heavy atom. The van der Waals surface area contributed by atoms with Gasteiger partial charge in [-0.2, -0.15) is 0 Å². The highest BCUT2D eigenvalue weighted by atomic mass is 16.4. The van der Waals surface area contributed by atoms with Crippen molar-refractivity contribution in [1.29, 1.82) is 0 Å². The Bertz CT molecular complexity index is 336. The summed E-state index contributed by atoms with van der Waals surface area (Å²) >= 11 is 0. The van der Waals surface area contributed by atoms with E-state index in [4.69, 9.17) is 10.2 Å². The molecule has 0 aromatic heterocycles. The molecule has 3 N–H and O–H groups in total. The van der Waals surface area contributed by atoms with E-state index in [0.717, 1.165) is 19.5 Å². The van der Waals surface area contributed by atoms with Gasteiger partial charge >= 0.3 is 12.0 Å². The number of aliphatic carboxylic acids is 1. The van der Waals surface area contributed by atoms with E-state index in [1.54, 1.807) is 4.90 Å². The number of amides is 2. The summed E-state index contributed by atoms with van der Waals surface area (Å²) in [5.74, 6) is -1.32. The predicted molar refractivity (Wildman–Crippen MR) is 63.2 cm³/mol. The molecule has 2 saturated heterocycles. The van der Waals surface area contributed by atoms with Crippen LogP contribution in [-0.2, 0) is 4.79 Å². The van der Waals surface area contributed by atoms with Gasteiger partial charge in [-0.05, 0) is 19.4 Å². The average molecular weight is 257 g/mol. The standard InChI is InChI=1S/C11H19N3O4/c15-9(10(16)17)6-12-11(18)14-5-4-13-3-1-2-8(13)7-14/h8-9,15H,1-7H2,(H,12,18)(H,16,17)/t8?,9-/m0/s1. The molecule has 2 heterocycles. The molecule has 0 aliphatic carbocycles. The van der Waals surface area contributed by atoms with E-state index in [2.05, 4.69) is 10.2 Å². The molecule has 18 heavy (non-hydrogen) atoms. The molecule has 2 aliphatic heterocycles. The molecule has 2 amide bonds. The van der Waals surface area contributed by atoms with Crippen LogP contribution in [0.4, 0.5) is 4.79 Å². The second-order valence-electron chi connectivity index (χ2n) is 4.82. The van der Waals surface area contributed by atoms with Crippen molar-refractivity contribution in [3.63, 3.8) is 0 Å². The van der Waals surface area contributed by atoms with Crippen LogP contribution in [-0.4, -0.2) is 76.9 Å². The normalized spacial score (nSPS) is 25.6. The van der Waals surface area contributed by atoms with Crippen LogP contribution < -0.4 is 5.32 Å². The van der Waals surface area contributed by atoms with E-state index in [-0.39, 0.29) is 12.6 Å². The molecular weight excluding hydrogens is 238 g/mol. The van der Waals surface area contributed by atoms with Crippen molar-refractivity contribution >= 4 is 12.0 Å². The highest BCUT2D eigenvalue weighted by Gasteiger charge is 2.32. The Balaban J connectivity index is 1.77. The fourth-order valence-corrected chi connectivity index (χ4v) is 2.56. The van der Waals surface area contributed by atoms with E-state index < -0.39 is 12.1 Å². The lowest BCUT2D eigenvalue weighted by molar-refractivity contribution is -0.146. The third-order valence-corrected chi connectivity index (χ3v) is 3.61. The number of carbonyl (C=O) groups is 2. The molecule has 7 nitrogen and oxygen atoms in total. The van der Waals surface area contributed by atoms with Gasteiger partial charge in [0.1, 0.15) is 0 Å². The monoisotopic (exact) mass is 257 g/mol. The summed E-state index contributed by atoms with van der Waals surface area (Å²) in [4.78, 5) is 26.3. The third kappa shape index (κ3) is 2.91. The molecule has 0 bridgehead atoms. The average Bonchev–Trinajstić information content (AvgIpc) is 2.82. The number of piperazine rings is 1. The van der Waals surface area contributed by atoms with Crippen LogP contribution in [0.25, 0.3) is 0 Å². The molecule has 0 radical (unpaired) electrons. The van der Waals surface area contributed by atoms with E-state index in [1.807, 2.05) is 0 Å². The van der Waals surface area contributed by atoms with E-state index >= 15 is 0 Å². The zero-order chi connectivity index (χ0) is 13.1. The van der Waals surface area contributed by atoms with Gasteiger partial charge in [0.05, 0.1) is 6.54 Å². The van der Waals surface area contributed by atoms with Gasteiger partial charge in [0.25, 0.3) is 0 Å². The van der Waals surface area contributed by atoms with Gasteiger partial charge in [0.2, 0.25) is 0 Å². The largest absolute Gasteiger partial charge is 0.479 e. The van der Waals surface area contributed by atoms with E-state index in [9.17, 15) is 9.59 Å². The van der Waals surface area contributed by atoms with Crippen LogP contribution in [0.15, 0.2) is 0 Å². The Morgan fingerprint density at radius 3 is 2.83 bits per heavy atom. The van der Waals surface area contributed by atoms with Crippen molar-refractivity contribution in [1.82, 2.24) is 15.1 Å². The summed E-state index contributed by atoms with van der Waals surface area (Å²) in [7, 11) is 0. The van der Waals surface area contributed by atoms with Crippen molar-refractivity contribution < 1.29 is 19.8 Å². The van der Waals surface area contributed by atoms with Gasteiger partial charge in [0, 0.05) is 25.7 Å². The van der Waals surface area contributed by atoms with E-state index in [1.165, 1.54) is 6.42 Å². The Morgan fingerprint density at radius 1 is 1.33 bits per heavy atom. The summed E-state index contributed by atoms with van der Waals surface area (Å²) in [6.07, 6.45) is 0.751. The number of carbonyl (C=O) groups excluding carboxylic acids is 1. The van der Waals surface area contributed by atoms with Gasteiger partial charge in [-0.15, -0.1) is 0 Å². The van der Waals surface area contributed by atoms with Crippen LogP contribution in [0.5, 0.6) is 0 Å². The topological polar surface area (TPSA) is 93.1 Å². The number of fused-ring (bicyclic) bond motifs is 1. The second-order valence-corrected chi connectivity index (χ2v) is 4.82. The van der Waals surface area contributed by atoms with E-state index in [0.29, 0.717) is 19.1 Å². The number of nitrogens with zero attached hydrogens (tertiary/aromatic N) is 2. The maximum Gasteiger partial charge on any atom is 0.334 e. The van der Waals surface area contributed by atoms with Gasteiger partial charge in [-0.3, -0.25) is 4.90 Å². The zero-order valence-electron chi connectivity index (χ0n) is 10.2. The lowest BCUT2D eigenvalue weighted by Crippen LogP contribution is -2.55. The van der Waals surface area contributed by atoms with Crippen LogP contribution in [0.3, 0.4) is 0 Å². The quantitative estimate of drug-likeness (QED) is 0.598. The summed E-state index contributed by atoms with van der Waals surface area (Å²) < 4.78 is 0. The molecule has 102 valence electrons. The number of carboxylic acids is 1. The maximum atomic E-state index is 11.8. The molecule has 2 fully saturated rings. The number of rotatable bonds is 3. The predicted octanol–water partition coefficient (Wildman–Crippen LogP) is -1.08. The van der Waals surface area contributed by atoms with Crippen molar-refractivity contribution in [2.45, 2.75) is 25.0 Å². The van der Waals surface area contributed by atoms with Gasteiger partial charge in [-0.1, -0.05) is 0 Å². The number of aliphatic hydroxyl groups excluding tert-OH is 1. The minimum Gasteiger partial charge on any atom is -0.479 e. The smallest absolute Gasteiger partial charge is 0.334 e. The first-order chi connectivity index (χ1) is 8.58. The van der Waals surface area contributed by atoms with Crippen molar-refractivity contribution in [3.05, 3.63) is 0 Å². The molecule has 0 spiro atoms. The molecule has 2 aliphatic rings. The van der Waals surface area contributed by atoms with Crippen LogP contribution in [0.2, 0.25) is 0 Å². The summed E-state index contributed by atoms with van der Waals surface area (Å²) in [6, 6.07) is 0.149. The fourth-order valence-electron chi connectivity index (χ4n) is 2.56. The van der Waals surface area contributed by atoms with Crippen LogP contribution in [0, 0.1) is 0 Å². The zero-order valence-corrected chi connectivity index (χ0v) is 10.2. The number of carboxylic acid groups (broad SMARTS) is 1. The van der Waals surface area contributed by atoms with Crippen molar-refractivity contribution in [2.75, 3.05) is 32.7 Å². The summed E-state index contributed by atoms with van der Waals surface area (Å²) in [5, 5.41) is 20.0. The molecule has 2 atom stereocenters. The fraction of sp³-hybridized carbons (Fsp3) is 0.818. The number of aliphatic hydroxyl groups is 1. The number of hydrogen-bond acceptors (Lipinski definition) is 4. The maximum absolute atomic E-state index is 11.8. The van der Waals surface area contributed by atoms with Crippen LogP contribution >= 0.6 is 0 Å².